The summed E-state index contributed by atoms with van der Waals surface area (Å²) in [5.41, 5.74) is 0. The maximum atomic E-state index is 2.17. The number of rotatable bonds is 0. The minimum absolute atomic E-state index is 0.833. The van der Waals surface area contributed by atoms with Gasteiger partial charge in [0.05, 0.1) is 0 Å². The third kappa shape index (κ3) is 356. The van der Waals surface area contributed by atoms with Crippen LogP contribution in [0.2, 0.25) is 0 Å². The van der Waals surface area contributed by atoms with E-state index in [9.17, 15) is 0 Å². The summed E-state index contributed by atoms with van der Waals surface area (Å²) in [5.74, 6) is 4.17. The van der Waals surface area contributed by atoms with Gasteiger partial charge in [-0.15, -0.1) is 0 Å². The van der Waals surface area contributed by atoms with Crippen molar-refractivity contribution in [3.8, 4) is 0 Å². The maximum absolute atomic E-state index is 2.17. The molecular formula is C102H188. The molecule has 0 nitrogen and oxygen atoms in total. The standard InChI is InChI=1S/9C6H6.5C4H10.14C2H6/c9*1-2-4-6-5-3-1;5*1-4(2)3;14*1-2/h9*1-6H;5*4H,1-3H3;14*1-2H3. The van der Waals surface area contributed by atoms with E-state index in [2.05, 4.69) is 104 Å². The van der Waals surface area contributed by atoms with Gasteiger partial charge in [-0.25, -0.2) is 0 Å². The van der Waals surface area contributed by atoms with Crippen molar-refractivity contribution in [3.05, 3.63) is 328 Å². The van der Waals surface area contributed by atoms with Crippen LogP contribution < -0.4 is 0 Å². The molecule has 0 radical (unpaired) electrons. The van der Waals surface area contributed by atoms with Crippen LogP contribution >= 0.6 is 0 Å². The third-order valence-electron chi connectivity index (χ3n) is 6.00. The molecule has 0 saturated carbocycles. The summed E-state index contributed by atoms with van der Waals surface area (Å²) in [6.07, 6.45) is 0. The molecule has 0 bridgehead atoms. The molecule has 9 aromatic carbocycles. The Bertz CT molecular complexity index is 1300. The van der Waals surface area contributed by atoms with Gasteiger partial charge >= 0.3 is 0 Å². The van der Waals surface area contributed by atoms with E-state index >= 15 is 0 Å². The van der Waals surface area contributed by atoms with Crippen molar-refractivity contribution in [2.45, 2.75) is 298 Å². The monoisotopic (exact) mass is 1410 g/mol. The highest BCUT2D eigenvalue weighted by molar-refractivity contribution is 5.04. The molecule has 0 unspecified atom stereocenters. The van der Waals surface area contributed by atoms with Crippen LogP contribution in [0.4, 0.5) is 0 Å². The lowest BCUT2D eigenvalue weighted by molar-refractivity contribution is 0.736. The number of benzene rings is 9. The van der Waals surface area contributed by atoms with E-state index in [-0.39, 0.29) is 0 Å². The largest absolute Gasteiger partial charge is 0.0683 e. The maximum Gasteiger partial charge on any atom is -0.0500 e. The lowest BCUT2D eigenvalue weighted by Crippen LogP contribution is -1.66. The van der Waals surface area contributed by atoms with Crippen LogP contribution in [-0.2, 0) is 0 Å². The lowest BCUT2D eigenvalue weighted by Gasteiger charge is -1.79. The second kappa shape index (κ2) is 212. The number of hydrogen-bond acceptors (Lipinski definition) is 0. The fourth-order valence-corrected chi connectivity index (χ4v) is 3.46. The van der Waals surface area contributed by atoms with Gasteiger partial charge in [0.25, 0.3) is 0 Å². The van der Waals surface area contributed by atoms with Gasteiger partial charge in [-0.05, 0) is 29.6 Å². The van der Waals surface area contributed by atoms with Crippen LogP contribution in [0, 0.1) is 29.6 Å². The van der Waals surface area contributed by atoms with Crippen LogP contribution in [0.15, 0.2) is 328 Å². The zero-order chi connectivity index (χ0) is 84.1. The van der Waals surface area contributed by atoms with Crippen LogP contribution in [-0.4, -0.2) is 0 Å². The van der Waals surface area contributed by atoms with E-state index in [1.807, 2.05) is 521 Å². The van der Waals surface area contributed by atoms with Gasteiger partial charge in [0.1, 0.15) is 0 Å². The Morgan fingerprint density at radius 2 is 0.0784 bits per heavy atom. The molecule has 0 saturated heterocycles. The summed E-state index contributed by atoms with van der Waals surface area (Å²) in [4.78, 5) is 0. The first-order chi connectivity index (χ1) is 49.7. The van der Waals surface area contributed by atoms with Gasteiger partial charge in [-0.2, -0.15) is 0 Å². The third-order valence-corrected chi connectivity index (χ3v) is 6.00. The molecule has 0 heterocycles. The normalized spacial score (nSPS) is 6.82. The first-order valence-corrected chi connectivity index (χ1v) is 40.7. The molecule has 0 fully saturated rings. The van der Waals surface area contributed by atoms with Gasteiger partial charge in [0, 0.05) is 0 Å². The van der Waals surface area contributed by atoms with E-state index in [0.717, 1.165) is 29.6 Å². The predicted molar refractivity (Wildman–Crippen MR) is 499 cm³/mol. The molecule has 102 heavy (non-hydrogen) atoms. The SMILES string of the molecule is CC.CC.CC.CC.CC.CC.CC.CC.CC.CC.CC.CC.CC.CC.CC(C)C.CC(C)C.CC(C)C.CC(C)C.CC(C)C.c1ccccc1.c1ccccc1.c1ccccc1.c1ccccc1.c1ccccc1.c1ccccc1.c1ccccc1.c1ccccc1.c1ccccc1. The molecule has 0 N–H and O–H groups in total. The zero-order valence-corrected chi connectivity index (χ0v) is 77.1. The summed E-state index contributed by atoms with van der Waals surface area (Å²) in [6, 6.07) is 108. The fraction of sp³-hybridized carbons (Fsp3) is 0.471. The molecule has 0 heteroatoms. The molecule has 0 aliphatic heterocycles. The van der Waals surface area contributed by atoms with Crippen molar-refractivity contribution >= 4 is 0 Å². The molecule has 596 valence electrons. The Balaban J connectivity index is -0.0000000418. The van der Waals surface area contributed by atoms with Gasteiger partial charge in [-0.3, -0.25) is 0 Å². The van der Waals surface area contributed by atoms with Crippen LogP contribution in [0.1, 0.15) is 298 Å². The predicted octanol–water partition coefficient (Wildman–Crippen LogP) is 37.9. The topological polar surface area (TPSA) is 0 Å². The second-order valence-corrected chi connectivity index (χ2v) is 19.1. The van der Waals surface area contributed by atoms with E-state index in [1.54, 1.807) is 0 Å². The van der Waals surface area contributed by atoms with Crippen LogP contribution in [0.25, 0.3) is 0 Å². The zero-order valence-electron chi connectivity index (χ0n) is 77.1. The molecule has 0 atom stereocenters. The van der Waals surface area contributed by atoms with Crippen molar-refractivity contribution in [1.29, 1.82) is 0 Å². The molecule has 9 aromatic rings. The minimum Gasteiger partial charge on any atom is -0.0683 e. The summed E-state index contributed by atoms with van der Waals surface area (Å²) in [6.45, 7) is 88.5. The van der Waals surface area contributed by atoms with Crippen molar-refractivity contribution in [3.63, 3.8) is 0 Å². The summed E-state index contributed by atoms with van der Waals surface area (Å²) in [5, 5.41) is 0. The highest BCUT2D eigenvalue weighted by Gasteiger charge is 1.71. The molecule has 0 aromatic heterocycles. The highest BCUT2D eigenvalue weighted by Crippen LogP contribution is 1.87. The molecule has 0 aliphatic rings. The first kappa shape index (κ1) is 145. The highest BCUT2D eigenvalue weighted by atomic mass is 13.8. The quantitative estimate of drug-likeness (QED) is 0.142. The van der Waals surface area contributed by atoms with E-state index in [1.165, 1.54) is 0 Å². The Labute approximate surface area is 651 Å². The van der Waals surface area contributed by atoms with E-state index in [0.29, 0.717) is 0 Å². The van der Waals surface area contributed by atoms with Crippen molar-refractivity contribution < 1.29 is 0 Å². The lowest BCUT2D eigenvalue weighted by atomic mass is 10.3. The van der Waals surface area contributed by atoms with Crippen molar-refractivity contribution in [1.82, 2.24) is 0 Å². The Hall–Kier alpha value is -7.02. The average molecular weight is 1410 g/mol. The smallest absolute Gasteiger partial charge is 0.0500 e. The van der Waals surface area contributed by atoms with E-state index in [4.69, 9.17) is 0 Å². The van der Waals surface area contributed by atoms with Crippen LogP contribution in [0.3, 0.4) is 0 Å². The Kier molecular flexibility index (Phi) is 301. The van der Waals surface area contributed by atoms with Crippen molar-refractivity contribution in [2.75, 3.05) is 0 Å². The fourth-order valence-electron chi connectivity index (χ4n) is 3.46. The van der Waals surface area contributed by atoms with E-state index < -0.39 is 0 Å². The molecular weight excluding hydrogens is 1230 g/mol. The van der Waals surface area contributed by atoms with Gasteiger partial charge in [0.15, 0.2) is 0 Å². The second-order valence-electron chi connectivity index (χ2n) is 19.1. The summed E-state index contributed by atoms with van der Waals surface area (Å²) >= 11 is 0. The molecule has 0 spiro atoms. The summed E-state index contributed by atoms with van der Waals surface area (Å²) < 4.78 is 0. The number of hydrogen-bond donors (Lipinski definition) is 0. The molecule has 9 rings (SSSR count). The Morgan fingerprint density at radius 1 is 0.0686 bits per heavy atom. The van der Waals surface area contributed by atoms with Gasteiger partial charge in [0.2, 0.25) is 0 Å². The molecule has 0 amide bonds. The Morgan fingerprint density at radius 3 is 0.0882 bits per heavy atom. The van der Waals surface area contributed by atoms with Crippen LogP contribution in [0.5, 0.6) is 0 Å². The van der Waals surface area contributed by atoms with Crippen molar-refractivity contribution in [2.24, 2.45) is 29.6 Å². The van der Waals surface area contributed by atoms with Gasteiger partial charge in [-0.1, -0.05) is 625 Å². The first-order valence-electron chi connectivity index (χ1n) is 40.7. The summed E-state index contributed by atoms with van der Waals surface area (Å²) in [7, 11) is 0. The van der Waals surface area contributed by atoms with Gasteiger partial charge < -0.3 is 0 Å². The minimum atomic E-state index is 0.833. The molecule has 0 aliphatic carbocycles. The average Bonchev–Trinajstić information content (AvgIpc) is 3.90.